The number of aryl methyl sites for hydroxylation is 1. The Balaban J connectivity index is 1.21. The van der Waals surface area contributed by atoms with Crippen LogP contribution in [-0.2, 0) is 20.7 Å². The van der Waals surface area contributed by atoms with E-state index in [1.54, 1.807) is 18.2 Å². The Hall–Kier alpha value is -3.55. The third-order valence-electron chi connectivity index (χ3n) is 5.10. The molecule has 4 rings (SSSR count). The molecule has 0 fully saturated rings. The topological polar surface area (TPSA) is 103 Å². The molecule has 0 saturated carbocycles. The zero-order chi connectivity index (χ0) is 20.9. The second-order valence-corrected chi connectivity index (χ2v) is 7.12. The second-order valence-electron chi connectivity index (χ2n) is 7.12. The van der Waals surface area contributed by atoms with Gasteiger partial charge in [0.2, 0.25) is 6.79 Å². The van der Waals surface area contributed by atoms with Gasteiger partial charge < -0.3 is 24.8 Å². The minimum atomic E-state index is -0.691. The molecule has 2 N–H and O–H groups in total. The Morgan fingerprint density at radius 2 is 1.90 bits per heavy atom. The highest BCUT2D eigenvalue weighted by Gasteiger charge is 2.22. The number of carbonyl (C=O) groups excluding carboxylic acids is 3. The van der Waals surface area contributed by atoms with Crippen molar-refractivity contribution in [1.29, 1.82) is 0 Å². The first kappa shape index (κ1) is 19.8. The van der Waals surface area contributed by atoms with Crippen molar-refractivity contribution in [3.8, 4) is 11.5 Å². The quantitative estimate of drug-likeness (QED) is 0.705. The number of esters is 1. The first-order valence-electron chi connectivity index (χ1n) is 9.81. The van der Waals surface area contributed by atoms with Crippen molar-refractivity contribution < 1.29 is 28.6 Å². The van der Waals surface area contributed by atoms with Gasteiger partial charge in [-0.05, 0) is 48.6 Å². The highest BCUT2D eigenvalue weighted by molar-refractivity contribution is 5.96. The zero-order valence-corrected chi connectivity index (χ0v) is 16.3. The van der Waals surface area contributed by atoms with E-state index in [9.17, 15) is 14.4 Å². The van der Waals surface area contributed by atoms with Gasteiger partial charge in [0.25, 0.3) is 11.8 Å². The molecule has 0 unspecified atom stereocenters. The first-order chi connectivity index (χ1) is 14.6. The van der Waals surface area contributed by atoms with Crippen LogP contribution in [0.2, 0.25) is 0 Å². The average Bonchev–Trinajstić information content (AvgIpc) is 3.24. The maximum Gasteiger partial charge on any atom is 0.325 e. The minimum Gasteiger partial charge on any atom is -0.454 e. The third-order valence-corrected chi connectivity index (χ3v) is 5.10. The highest BCUT2D eigenvalue weighted by atomic mass is 16.7. The van der Waals surface area contributed by atoms with Crippen molar-refractivity contribution >= 4 is 17.8 Å². The van der Waals surface area contributed by atoms with E-state index in [2.05, 4.69) is 16.7 Å². The predicted molar refractivity (Wildman–Crippen MR) is 106 cm³/mol. The van der Waals surface area contributed by atoms with Crippen LogP contribution in [-0.4, -0.2) is 37.7 Å². The number of hydrogen-bond acceptors (Lipinski definition) is 6. The third kappa shape index (κ3) is 4.53. The Labute approximate surface area is 173 Å². The first-order valence-corrected chi connectivity index (χ1v) is 9.81. The molecule has 1 aliphatic carbocycles. The van der Waals surface area contributed by atoms with Crippen LogP contribution in [0.25, 0.3) is 0 Å². The smallest absolute Gasteiger partial charge is 0.325 e. The number of hydrogen-bond donors (Lipinski definition) is 2. The van der Waals surface area contributed by atoms with Gasteiger partial charge in [0.05, 0.1) is 6.04 Å². The summed E-state index contributed by atoms with van der Waals surface area (Å²) in [5, 5.41) is 5.38. The fraction of sp³-hybridized carbons (Fsp3) is 0.318. The summed E-state index contributed by atoms with van der Waals surface area (Å²) >= 11 is 0. The standard InChI is InChI=1S/C22H22N2O6/c25-20(24-17-7-3-5-14-4-1-2-6-16(14)17)12-28-21(26)11-23-22(27)15-8-9-18-19(10-15)30-13-29-18/h1-2,4,6,8-10,17H,3,5,7,11-13H2,(H,23,27)(H,24,25)/t17-/m1/s1. The lowest BCUT2D eigenvalue weighted by Crippen LogP contribution is -2.36. The molecule has 2 aliphatic rings. The summed E-state index contributed by atoms with van der Waals surface area (Å²) < 4.78 is 15.4. The van der Waals surface area contributed by atoms with Crippen LogP contribution in [0.3, 0.4) is 0 Å². The van der Waals surface area contributed by atoms with Crippen molar-refractivity contribution in [2.24, 2.45) is 0 Å². The van der Waals surface area contributed by atoms with E-state index in [1.165, 1.54) is 5.56 Å². The van der Waals surface area contributed by atoms with Gasteiger partial charge in [-0.2, -0.15) is 0 Å². The van der Waals surface area contributed by atoms with Crippen molar-refractivity contribution in [2.45, 2.75) is 25.3 Å². The van der Waals surface area contributed by atoms with Gasteiger partial charge in [-0.1, -0.05) is 24.3 Å². The molecule has 2 amide bonds. The Morgan fingerprint density at radius 1 is 1.07 bits per heavy atom. The number of nitrogens with one attached hydrogen (secondary N) is 2. The maximum atomic E-state index is 12.2. The Kier molecular flexibility index (Phi) is 5.83. The number of rotatable bonds is 6. The molecule has 0 bridgehead atoms. The van der Waals surface area contributed by atoms with Gasteiger partial charge >= 0.3 is 5.97 Å². The molecule has 1 heterocycles. The van der Waals surface area contributed by atoms with E-state index in [-0.39, 0.29) is 25.3 Å². The molecule has 1 atom stereocenters. The molecule has 2 aromatic carbocycles. The van der Waals surface area contributed by atoms with Gasteiger partial charge in [0.1, 0.15) is 6.54 Å². The minimum absolute atomic E-state index is 0.0770. The van der Waals surface area contributed by atoms with Crippen LogP contribution >= 0.6 is 0 Å². The normalized spacial score (nSPS) is 16.3. The Morgan fingerprint density at radius 3 is 2.80 bits per heavy atom. The van der Waals surface area contributed by atoms with E-state index in [1.807, 2.05) is 18.2 Å². The fourth-order valence-corrected chi connectivity index (χ4v) is 3.63. The van der Waals surface area contributed by atoms with Crippen LogP contribution < -0.4 is 20.1 Å². The summed E-state index contributed by atoms with van der Waals surface area (Å²) in [7, 11) is 0. The van der Waals surface area contributed by atoms with Crippen LogP contribution in [0.4, 0.5) is 0 Å². The molecule has 0 radical (unpaired) electrons. The SMILES string of the molecule is O=C(COC(=O)CNC(=O)c1ccc2c(c1)OCO2)N[C@@H]1CCCc2ccccc21. The average molecular weight is 410 g/mol. The van der Waals surface area contributed by atoms with E-state index >= 15 is 0 Å². The molecular formula is C22H22N2O6. The maximum absolute atomic E-state index is 12.2. The lowest BCUT2D eigenvalue weighted by molar-refractivity contribution is -0.147. The number of ether oxygens (including phenoxy) is 3. The molecule has 30 heavy (non-hydrogen) atoms. The summed E-state index contributed by atoms with van der Waals surface area (Å²) in [4.78, 5) is 36.3. The van der Waals surface area contributed by atoms with E-state index < -0.39 is 18.5 Å². The van der Waals surface area contributed by atoms with Crippen molar-refractivity contribution in [3.63, 3.8) is 0 Å². The number of fused-ring (bicyclic) bond motifs is 2. The molecular weight excluding hydrogens is 388 g/mol. The molecule has 0 spiro atoms. The summed E-state index contributed by atoms with van der Waals surface area (Å²) in [6.07, 6.45) is 2.84. The number of amides is 2. The highest BCUT2D eigenvalue weighted by Crippen LogP contribution is 2.32. The van der Waals surface area contributed by atoms with Gasteiger partial charge in [-0.15, -0.1) is 0 Å². The zero-order valence-electron chi connectivity index (χ0n) is 16.3. The van der Waals surface area contributed by atoms with Crippen molar-refractivity contribution in [1.82, 2.24) is 10.6 Å². The number of carbonyl (C=O) groups is 3. The van der Waals surface area contributed by atoms with Crippen molar-refractivity contribution in [2.75, 3.05) is 19.9 Å². The van der Waals surface area contributed by atoms with Gasteiger partial charge in [-0.25, -0.2) is 0 Å². The van der Waals surface area contributed by atoms with Crippen LogP contribution in [0.1, 0.15) is 40.4 Å². The summed E-state index contributed by atoms with van der Waals surface area (Å²) in [5.41, 5.74) is 2.68. The fourth-order valence-electron chi connectivity index (χ4n) is 3.63. The predicted octanol–water partition coefficient (Wildman–Crippen LogP) is 1.88. The molecule has 0 saturated heterocycles. The van der Waals surface area contributed by atoms with E-state index in [0.29, 0.717) is 17.1 Å². The van der Waals surface area contributed by atoms with Gasteiger partial charge in [0, 0.05) is 5.56 Å². The van der Waals surface area contributed by atoms with Crippen LogP contribution in [0.5, 0.6) is 11.5 Å². The van der Waals surface area contributed by atoms with Gasteiger partial charge in [-0.3, -0.25) is 14.4 Å². The van der Waals surface area contributed by atoms with E-state index in [0.717, 1.165) is 24.8 Å². The van der Waals surface area contributed by atoms with Crippen LogP contribution in [0, 0.1) is 0 Å². The Bertz CT molecular complexity index is 974. The summed E-state index contributed by atoms with van der Waals surface area (Å²) in [5.74, 6) is -0.465. The molecule has 1 aliphatic heterocycles. The summed E-state index contributed by atoms with van der Waals surface area (Å²) in [6, 6.07) is 12.7. The lowest BCUT2D eigenvalue weighted by Gasteiger charge is -2.26. The monoisotopic (exact) mass is 410 g/mol. The lowest BCUT2D eigenvalue weighted by atomic mass is 9.88. The molecule has 8 nitrogen and oxygen atoms in total. The van der Waals surface area contributed by atoms with Crippen LogP contribution in [0.15, 0.2) is 42.5 Å². The largest absolute Gasteiger partial charge is 0.454 e. The summed E-state index contributed by atoms with van der Waals surface area (Å²) in [6.45, 7) is -0.620. The van der Waals surface area contributed by atoms with Gasteiger partial charge in [0.15, 0.2) is 18.1 Å². The number of benzene rings is 2. The van der Waals surface area contributed by atoms with Crippen molar-refractivity contribution in [3.05, 3.63) is 59.2 Å². The second kappa shape index (κ2) is 8.86. The molecule has 156 valence electrons. The van der Waals surface area contributed by atoms with E-state index in [4.69, 9.17) is 14.2 Å². The molecule has 0 aromatic heterocycles. The molecule has 2 aromatic rings. The molecule has 8 heteroatoms.